The van der Waals surface area contributed by atoms with Crippen LogP contribution < -0.4 is 0 Å². The predicted octanol–water partition coefficient (Wildman–Crippen LogP) is 3.50. The summed E-state index contributed by atoms with van der Waals surface area (Å²) in [6.07, 6.45) is 0. The molecule has 0 aliphatic heterocycles. The summed E-state index contributed by atoms with van der Waals surface area (Å²) in [5.41, 5.74) is 0. The number of rotatable bonds is 2. The normalized spacial score (nSPS) is 8.67. The van der Waals surface area contributed by atoms with Gasteiger partial charge in [-0.05, 0) is 0 Å². The average molecular weight is 367 g/mol. The van der Waals surface area contributed by atoms with Gasteiger partial charge in [-0.15, -0.1) is 34.0 Å². The van der Waals surface area contributed by atoms with Gasteiger partial charge in [0.05, 0.1) is 0 Å². The summed E-state index contributed by atoms with van der Waals surface area (Å²) in [5.74, 6) is 0. The first-order valence-corrected chi connectivity index (χ1v) is 6.18. The van der Waals surface area contributed by atoms with Crippen LogP contribution >= 0.6 is 34.0 Å². The second-order valence-electron chi connectivity index (χ2n) is 2.48. The van der Waals surface area contributed by atoms with Crippen LogP contribution in [0.5, 0.6) is 0 Å². The molecule has 0 bridgehead atoms. The Morgan fingerprint density at radius 3 is 1.00 bits per heavy atom. The molecule has 2 radical (unpaired) electrons. The molecule has 0 nitrogen and oxygen atoms in total. The van der Waals surface area contributed by atoms with Gasteiger partial charge in [-0.1, -0.05) is 0 Å². The van der Waals surface area contributed by atoms with Crippen molar-refractivity contribution >= 4 is 55.1 Å². The minimum absolute atomic E-state index is 0. The zero-order chi connectivity index (χ0) is 5.86. The van der Waals surface area contributed by atoms with Gasteiger partial charge in [0.2, 0.25) is 0 Å². The Kier molecular flexibility index (Phi) is 18.5. The van der Waals surface area contributed by atoms with Gasteiger partial charge in [0.15, 0.2) is 0 Å². The molecule has 0 N–H and O–H groups in total. The van der Waals surface area contributed by atoms with E-state index in [0.29, 0.717) is 0 Å². The molecule has 0 aromatic rings. The van der Waals surface area contributed by atoms with Gasteiger partial charge < -0.3 is 0 Å². The van der Waals surface area contributed by atoms with Crippen molar-refractivity contribution in [2.24, 2.45) is 0 Å². The van der Waals surface area contributed by atoms with E-state index in [9.17, 15) is 0 Å². The minimum atomic E-state index is 0. The van der Waals surface area contributed by atoms with E-state index in [1.54, 1.807) is 0 Å². The molecular weight excluding hydrogens is 351 g/mol. The first-order valence-electron chi connectivity index (χ1n) is 2.89. The zero-order valence-electron chi connectivity index (χ0n) is 6.47. The van der Waals surface area contributed by atoms with Gasteiger partial charge in [0.1, 0.15) is 0 Å². The van der Waals surface area contributed by atoms with E-state index in [-0.39, 0.29) is 55.1 Å². The Hall–Kier alpha value is 1.76. The molecule has 0 fully saturated rings. The van der Waals surface area contributed by atoms with Crippen LogP contribution in [0.15, 0.2) is 0 Å². The van der Waals surface area contributed by atoms with Crippen LogP contribution in [0.25, 0.3) is 0 Å². The van der Waals surface area contributed by atoms with Crippen molar-refractivity contribution in [3.8, 4) is 0 Å². The molecule has 0 aliphatic carbocycles. The van der Waals surface area contributed by atoms with Gasteiger partial charge in [0, 0.05) is 0 Å². The van der Waals surface area contributed by atoms with Crippen LogP contribution in [0, 0.1) is 0 Å². The van der Waals surface area contributed by atoms with Gasteiger partial charge in [0.25, 0.3) is 0 Å². The van der Waals surface area contributed by atoms with Crippen LogP contribution in [0.1, 0.15) is 27.7 Å². The van der Waals surface area contributed by atoms with Crippen molar-refractivity contribution in [2.75, 3.05) is 0 Å². The van der Waals surface area contributed by atoms with Crippen LogP contribution in [0.3, 0.4) is 0 Å². The second kappa shape index (κ2) is 9.76. The summed E-state index contributed by atoms with van der Waals surface area (Å²) in [5, 5.41) is 0. The summed E-state index contributed by atoms with van der Waals surface area (Å²) in [7, 11) is 0. The molecule has 0 amide bonds. The van der Waals surface area contributed by atoms with E-state index < -0.39 is 0 Å². The van der Waals surface area contributed by atoms with E-state index in [4.69, 9.17) is 0 Å². The van der Waals surface area contributed by atoms with E-state index >= 15 is 0 Å². The molecule has 0 saturated heterocycles. The van der Waals surface area contributed by atoms with Gasteiger partial charge in [-0.25, -0.2) is 0 Å². The summed E-state index contributed by atoms with van der Waals surface area (Å²) >= 11 is 0.0389. The number of halogens is 2. The van der Waals surface area contributed by atoms with Crippen molar-refractivity contribution < 1.29 is 0 Å². The van der Waals surface area contributed by atoms with Crippen LogP contribution in [0.2, 0.25) is 7.87 Å². The van der Waals surface area contributed by atoms with Gasteiger partial charge >= 0.3 is 56.7 Å². The first kappa shape index (κ1) is 17.0. The third-order valence-corrected chi connectivity index (χ3v) is 4.47. The molecule has 3 heteroatoms. The Morgan fingerprint density at radius 2 is 1.00 bits per heavy atom. The maximum atomic E-state index is 2.34. The summed E-state index contributed by atoms with van der Waals surface area (Å²) in [6.45, 7) is 9.36. The Labute approximate surface area is 89.9 Å². The molecule has 0 saturated carbocycles. The molecule has 0 rings (SSSR count). The standard InChI is InChI=1S/2C3H7.2BrH.Sn/c2*1-3-2;;;/h2*3H,1-2H3;2*1H;. The third-order valence-electron chi connectivity index (χ3n) is 0.667. The summed E-state index contributed by atoms with van der Waals surface area (Å²) < 4.78 is 2.09. The second-order valence-corrected chi connectivity index (χ2v) is 10.0. The molecule has 0 heterocycles. The molecule has 9 heavy (non-hydrogen) atoms. The predicted molar refractivity (Wildman–Crippen MR) is 56.6 cm³/mol. The fourth-order valence-corrected chi connectivity index (χ4v) is 4.47. The van der Waals surface area contributed by atoms with Crippen LogP contribution in [-0.4, -0.2) is 21.1 Å². The fourth-order valence-electron chi connectivity index (χ4n) is 0.667. The summed E-state index contributed by atoms with van der Waals surface area (Å²) in [6, 6.07) is 0. The van der Waals surface area contributed by atoms with Crippen LogP contribution in [0.4, 0.5) is 0 Å². The molecule has 0 unspecified atom stereocenters. The van der Waals surface area contributed by atoms with Gasteiger partial charge in [-0.2, -0.15) is 0 Å². The van der Waals surface area contributed by atoms with E-state index in [1.807, 2.05) is 0 Å². The van der Waals surface area contributed by atoms with E-state index in [1.165, 1.54) is 0 Å². The zero-order valence-corrected chi connectivity index (χ0v) is 12.8. The molecule has 0 aromatic carbocycles. The van der Waals surface area contributed by atoms with E-state index in [0.717, 1.165) is 7.87 Å². The molecule has 0 aliphatic rings. The van der Waals surface area contributed by atoms with Gasteiger partial charge in [-0.3, -0.25) is 0 Å². The SMILES string of the molecule is Br.Br.C[CH](C)[Sn][CH](C)C. The van der Waals surface area contributed by atoms with Crippen molar-refractivity contribution in [1.29, 1.82) is 0 Å². The summed E-state index contributed by atoms with van der Waals surface area (Å²) in [4.78, 5) is 0. The van der Waals surface area contributed by atoms with Crippen molar-refractivity contribution in [1.82, 2.24) is 0 Å². The average Bonchev–Trinajstić information content (AvgIpc) is 1.27. The Morgan fingerprint density at radius 1 is 0.778 bits per heavy atom. The maximum absolute atomic E-state index is 2.34. The third kappa shape index (κ3) is 17.7. The number of hydrogen-bond donors (Lipinski definition) is 0. The van der Waals surface area contributed by atoms with Crippen molar-refractivity contribution in [3.05, 3.63) is 0 Å². The Bertz CT molecular complexity index is 40.3. The van der Waals surface area contributed by atoms with Crippen LogP contribution in [-0.2, 0) is 0 Å². The quantitative estimate of drug-likeness (QED) is 0.656. The molecule has 0 spiro atoms. The monoisotopic (exact) mass is 366 g/mol. The van der Waals surface area contributed by atoms with Crippen molar-refractivity contribution in [3.63, 3.8) is 0 Å². The molecule has 0 aromatic heterocycles. The molecule has 58 valence electrons. The Balaban J connectivity index is -0.000000180. The van der Waals surface area contributed by atoms with Crippen molar-refractivity contribution in [2.45, 2.75) is 35.6 Å². The topological polar surface area (TPSA) is 0 Å². The fraction of sp³-hybridized carbons (Fsp3) is 1.00. The first-order chi connectivity index (χ1) is 3.13. The van der Waals surface area contributed by atoms with E-state index in [2.05, 4.69) is 27.7 Å². The molecule has 0 atom stereocenters. The number of hydrogen-bond acceptors (Lipinski definition) is 0. The molecular formula is C6H16Br2Sn.